The van der Waals surface area contributed by atoms with E-state index >= 15 is 0 Å². The SMILES string of the molecule is O=C(O)c1cn2c(c(O)c1=O)C(=O)C1[C@H]3CC[C@H](C3)O[C@@H]1C2. The smallest absolute Gasteiger partial charge is 0.341 e. The van der Waals surface area contributed by atoms with Crippen LogP contribution in [0.25, 0.3) is 0 Å². The number of pyridine rings is 1. The number of Topliss-reactive ketones (excluding diaryl/α,β-unsaturated/α-hetero) is 1. The lowest BCUT2D eigenvalue weighted by Gasteiger charge is -2.40. The number of carbonyl (C=O) groups is 2. The number of carbonyl (C=O) groups excluding carboxylic acids is 1. The van der Waals surface area contributed by atoms with E-state index in [1.165, 1.54) is 4.57 Å². The number of ketones is 1. The zero-order chi connectivity index (χ0) is 15.6. The Balaban J connectivity index is 1.87. The molecule has 0 aromatic carbocycles. The normalized spacial score (nSPS) is 32.5. The highest BCUT2D eigenvalue weighted by Crippen LogP contribution is 2.45. The Bertz CT molecular complexity index is 751. The minimum Gasteiger partial charge on any atom is -0.503 e. The lowest BCUT2D eigenvalue weighted by molar-refractivity contribution is -0.0815. The van der Waals surface area contributed by atoms with Gasteiger partial charge in [0, 0.05) is 12.7 Å². The standard InChI is InChI=1S/C15H15NO6/c17-12-8(15(20)21)4-16-5-9-10(13(18)11(16)14(12)19)6-1-2-7(3-6)22-9/h4,6-7,9-10,19H,1-3,5H2,(H,20,21)/t6-,7+,9+,10?/m0/s1. The van der Waals surface area contributed by atoms with Crippen LogP contribution >= 0.6 is 0 Å². The number of fused-ring (bicyclic) bond motifs is 5. The Kier molecular flexibility index (Phi) is 2.72. The molecular weight excluding hydrogens is 290 g/mol. The van der Waals surface area contributed by atoms with Crippen LogP contribution in [0.15, 0.2) is 11.0 Å². The van der Waals surface area contributed by atoms with Gasteiger partial charge >= 0.3 is 5.97 Å². The van der Waals surface area contributed by atoms with E-state index in [0.717, 1.165) is 25.5 Å². The van der Waals surface area contributed by atoms with Gasteiger partial charge in [0.05, 0.1) is 18.1 Å². The zero-order valence-electron chi connectivity index (χ0n) is 11.7. The molecule has 4 atom stereocenters. The van der Waals surface area contributed by atoms with Crippen LogP contribution < -0.4 is 5.43 Å². The Hall–Kier alpha value is -2.15. The molecule has 2 bridgehead atoms. The summed E-state index contributed by atoms with van der Waals surface area (Å²) >= 11 is 0. The van der Waals surface area contributed by atoms with Gasteiger partial charge in [-0.2, -0.15) is 0 Å². The van der Waals surface area contributed by atoms with E-state index < -0.39 is 22.7 Å². The summed E-state index contributed by atoms with van der Waals surface area (Å²) in [6.07, 6.45) is 3.65. The summed E-state index contributed by atoms with van der Waals surface area (Å²) in [6, 6.07) is 0. The largest absolute Gasteiger partial charge is 0.503 e. The van der Waals surface area contributed by atoms with Gasteiger partial charge in [-0.1, -0.05) is 0 Å². The van der Waals surface area contributed by atoms with Crippen LogP contribution in [0.3, 0.4) is 0 Å². The number of aromatic hydroxyl groups is 1. The molecule has 7 heteroatoms. The van der Waals surface area contributed by atoms with Gasteiger partial charge in [-0.05, 0) is 25.2 Å². The van der Waals surface area contributed by atoms with Gasteiger partial charge in [-0.25, -0.2) is 4.79 Å². The summed E-state index contributed by atoms with van der Waals surface area (Å²) in [7, 11) is 0. The first kappa shape index (κ1) is 13.5. The van der Waals surface area contributed by atoms with Crippen molar-refractivity contribution in [1.82, 2.24) is 4.57 Å². The summed E-state index contributed by atoms with van der Waals surface area (Å²) in [5.74, 6) is -2.62. The second-order valence-corrected chi connectivity index (χ2v) is 6.29. The van der Waals surface area contributed by atoms with Crippen molar-refractivity contribution in [1.29, 1.82) is 0 Å². The highest BCUT2D eigenvalue weighted by atomic mass is 16.5. The van der Waals surface area contributed by atoms with Crippen LogP contribution in [0.1, 0.15) is 40.1 Å². The first-order valence-electron chi connectivity index (χ1n) is 7.36. The molecular formula is C15H15NO6. The van der Waals surface area contributed by atoms with E-state index in [1.54, 1.807) is 0 Å². The second-order valence-electron chi connectivity index (χ2n) is 6.29. The molecule has 0 radical (unpaired) electrons. The van der Waals surface area contributed by atoms with Gasteiger partial charge in [0.2, 0.25) is 5.43 Å². The molecule has 1 saturated carbocycles. The topological polar surface area (TPSA) is 106 Å². The zero-order valence-corrected chi connectivity index (χ0v) is 11.7. The monoisotopic (exact) mass is 305 g/mol. The molecule has 0 spiro atoms. The number of carboxylic acid groups (broad SMARTS) is 1. The van der Waals surface area contributed by atoms with Crippen molar-refractivity contribution in [2.45, 2.75) is 38.0 Å². The van der Waals surface area contributed by atoms with Crippen LogP contribution in [0.4, 0.5) is 0 Å². The first-order valence-corrected chi connectivity index (χ1v) is 7.36. The number of nitrogens with zero attached hydrogens (tertiary/aromatic N) is 1. The molecule has 2 fully saturated rings. The molecule has 3 aliphatic rings. The van der Waals surface area contributed by atoms with Gasteiger partial charge in [0.25, 0.3) is 0 Å². The summed E-state index contributed by atoms with van der Waals surface area (Å²) in [6.45, 7) is 0.285. The molecule has 4 rings (SSSR count). The summed E-state index contributed by atoms with van der Waals surface area (Å²) in [5, 5.41) is 19.1. The Morgan fingerprint density at radius 3 is 2.82 bits per heavy atom. The quantitative estimate of drug-likeness (QED) is 0.788. The second kappa shape index (κ2) is 4.42. The predicted octanol–water partition coefficient (Wildman–Crippen LogP) is 0.632. The Labute approximate surface area is 125 Å². The number of hydrogen-bond donors (Lipinski definition) is 2. The number of aromatic carboxylic acids is 1. The molecule has 1 aromatic heterocycles. The van der Waals surface area contributed by atoms with Crippen LogP contribution in [0.5, 0.6) is 5.75 Å². The predicted molar refractivity (Wildman–Crippen MR) is 73.1 cm³/mol. The molecule has 1 unspecified atom stereocenters. The molecule has 0 amide bonds. The van der Waals surface area contributed by atoms with E-state index in [4.69, 9.17) is 9.84 Å². The minimum absolute atomic E-state index is 0.0785. The van der Waals surface area contributed by atoms with Crippen LogP contribution in [0.2, 0.25) is 0 Å². The van der Waals surface area contributed by atoms with Crippen molar-refractivity contribution in [2.24, 2.45) is 11.8 Å². The van der Waals surface area contributed by atoms with E-state index in [1.807, 2.05) is 0 Å². The van der Waals surface area contributed by atoms with Crippen molar-refractivity contribution in [3.8, 4) is 5.75 Å². The molecule has 3 heterocycles. The molecule has 1 saturated heterocycles. The van der Waals surface area contributed by atoms with E-state index in [0.29, 0.717) is 0 Å². The number of rotatable bonds is 1. The average molecular weight is 305 g/mol. The molecule has 7 nitrogen and oxygen atoms in total. The summed E-state index contributed by atoms with van der Waals surface area (Å²) < 4.78 is 7.29. The maximum absolute atomic E-state index is 12.7. The molecule has 22 heavy (non-hydrogen) atoms. The van der Waals surface area contributed by atoms with Crippen molar-refractivity contribution in [3.63, 3.8) is 0 Å². The third-order valence-corrected chi connectivity index (χ3v) is 5.10. The number of hydrogen-bond acceptors (Lipinski definition) is 5. The maximum Gasteiger partial charge on any atom is 0.341 e. The van der Waals surface area contributed by atoms with Crippen molar-refractivity contribution >= 4 is 11.8 Å². The third-order valence-electron chi connectivity index (χ3n) is 5.10. The lowest BCUT2D eigenvalue weighted by Crippen LogP contribution is -2.48. The van der Waals surface area contributed by atoms with Gasteiger partial charge in [-0.3, -0.25) is 9.59 Å². The highest BCUT2D eigenvalue weighted by molar-refractivity contribution is 6.01. The van der Waals surface area contributed by atoms with E-state index in [9.17, 15) is 19.5 Å². The third kappa shape index (κ3) is 1.68. The van der Waals surface area contributed by atoms with Gasteiger partial charge in [0.1, 0.15) is 11.3 Å². The maximum atomic E-state index is 12.7. The average Bonchev–Trinajstić information content (AvgIpc) is 2.83. The number of aromatic nitrogens is 1. The minimum atomic E-state index is -1.42. The molecule has 116 valence electrons. The molecule has 2 N–H and O–H groups in total. The van der Waals surface area contributed by atoms with E-state index in [2.05, 4.69) is 0 Å². The summed E-state index contributed by atoms with van der Waals surface area (Å²) in [4.78, 5) is 35.8. The Morgan fingerprint density at radius 2 is 2.09 bits per heavy atom. The summed E-state index contributed by atoms with van der Waals surface area (Å²) in [5.41, 5.74) is -1.62. The fourth-order valence-electron chi connectivity index (χ4n) is 4.15. The van der Waals surface area contributed by atoms with Crippen molar-refractivity contribution in [3.05, 3.63) is 27.7 Å². The number of ether oxygens (including phenoxy) is 1. The number of carboxylic acids is 1. The van der Waals surface area contributed by atoms with E-state index in [-0.39, 0.29) is 42.1 Å². The van der Waals surface area contributed by atoms with Gasteiger partial charge in [0.15, 0.2) is 11.5 Å². The van der Waals surface area contributed by atoms with Crippen molar-refractivity contribution in [2.75, 3.05) is 0 Å². The van der Waals surface area contributed by atoms with Crippen LogP contribution in [-0.4, -0.2) is 38.7 Å². The fraction of sp³-hybridized carbons (Fsp3) is 0.533. The van der Waals surface area contributed by atoms with Crippen LogP contribution in [-0.2, 0) is 11.3 Å². The molecule has 1 aromatic rings. The highest BCUT2D eigenvalue weighted by Gasteiger charge is 2.50. The van der Waals surface area contributed by atoms with Crippen LogP contribution in [0, 0.1) is 11.8 Å². The lowest BCUT2D eigenvalue weighted by atomic mass is 9.78. The van der Waals surface area contributed by atoms with Gasteiger partial charge < -0.3 is 19.5 Å². The first-order chi connectivity index (χ1) is 10.5. The fourth-order valence-corrected chi connectivity index (χ4v) is 4.15. The van der Waals surface area contributed by atoms with Crippen molar-refractivity contribution < 1.29 is 24.5 Å². The molecule has 1 aliphatic carbocycles. The molecule has 2 aliphatic heterocycles. The Morgan fingerprint density at radius 1 is 1.32 bits per heavy atom. The van der Waals surface area contributed by atoms with Gasteiger partial charge in [-0.15, -0.1) is 0 Å².